The van der Waals surface area contributed by atoms with Crippen LogP contribution in [0.25, 0.3) is 0 Å². The Balaban J connectivity index is 3.08. The molecule has 0 unspecified atom stereocenters. The van der Waals surface area contributed by atoms with Crippen molar-refractivity contribution >= 4 is 11.6 Å². The zero-order chi connectivity index (χ0) is 12.1. The summed E-state index contributed by atoms with van der Waals surface area (Å²) in [4.78, 5) is 12.7. The molecule has 1 rings (SSSR count). The highest BCUT2D eigenvalue weighted by atomic mass is 19.1. The molecule has 0 spiro atoms. The number of nitrogens with zero attached hydrogens (tertiary/aromatic N) is 1. The molecule has 0 saturated heterocycles. The lowest BCUT2D eigenvalue weighted by molar-refractivity contribution is -0.118. The number of nitrogens with two attached hydrogens (primary N) is 1. The van der Waals surface area contributed by atoms with Crippen molar-refractivity contribution in [2.45, 2.75) is 13.3 Å². The minimum absolute atomic E-state index is 0.0710. The first-order chi connectivity index (χ1) is 7.61. The smallest absolute Gasteiger partial charge is 0.228 e. The van der Waals surface area contributed by atoms with Gasteiger partial charge in [0.15, 0.2) is 0 Å². The normalized spacial score (nSPS) is 10.2. The number of hydrogen-bond donors (Lipinski definition) is 1. The molecule has 0 aromatic heterocycles. The maximum absolute atomic E-state index is 13.4. The van der Waals surface area contributed by atoms with E-state index in [2.05, 4.69) is 0 Å². The number of anilines is 1. The summed E-state index contributed by atoms with van der Waals surface area (Å²) in [5.74, 6) is -1.87. The SMILES string of the molecule is CCN(C(=O)CCN)c1c(F)cccc1F. The van der Waals surface area contributed by atoms with Crippen molar-refractivity contribution < 1.29 is 13.6 Å². The first-order valence-corrected chi connectivity index (χ1v) is 5.06. The maximum Gasteiger partial charge on any atom is 0.228 e. The van der Waals surface area contributed by atoms with Crippen LogP contribution in [0.15, 0.2) is 18.2 Å². The Morgan fingerprint density at radius 1 is 1.38 bits per heavy atom. The summed E-state index contributed by atoms with van der Waals surface area (Å²) in [5.41, 5.74) is 4.94. The van der Waals surface area contributed by atoms with Crippen LogP contribution >= 0.6 is 0 Å². The molecule has 3 nitrogen and oxygen atoms in total. The Bertz CT molecular complexity index is 362. The molecule has 0 bridgehead atoms. The van der Waals surface area contributed by atoms with Crippen LogP contribution in [0.3, 0.4) is 0 Å². The standard InChI is InChI=1S/C11H14F2N2O/c1-2-15(10(16)6-7-14)11-8(12)4-3-5-9(11)13/h3-5H,2,6-7,14H2,1H3. The van der Waals surface area contributed by atoms with Gasteiger partial charge < -0.3 is 10.6 Å². The Morgan fingerprint density at radius 3 is 2.38 bits per heavy atom. The quantitative estimate of drug-likeness (QED) is 0.852. The van der Waals surface area contributed by atoms with Crippen LogP contribution in [-0.2, 0) is 4.79 Å². The maximum atomic E-state index is 13.4. The minimum atomic E-state index is -0.743. The second kappa shape index (κ2) is 5.55. The third kappa shape index (κ3) is 2.55. The van der Waals surface area contributed by atoms with Crippen LogP contribution in [0.2, 0.25) is 0 Å². The van der Waals surface area contributed by atoms with Gasteiger partial charge in [0.05, 0.1) is 0 Å². The molecule has 0 aliphatic carbocycles. The summed E-state index contributed by atoms with van der Waals surface area (Å²) < 4.78 is 26.8. The van der Waals surface area contributed by atoms with Crippen molar-refractivity contribution in [3.63, 3.8) is 0 Å². The van der Waals surface area contributed by atoms with Gasteiger partial charge in [-0.2, -0.15) is 0 Å². The van der Waals surface area contributed by atoms with Gasteiger partial charge >= 0.3 is 0 Å². The Hall–Kier alpha value is -1.49. The van der Waals surface area contributed by atoms with Gasteiger partial charge in [0.1, 0.15) is 17.3 Å². The number of carbonyl (C=O) groups is 1. The monoisotopic (exact) mass is 228 g/mol. The van der Waals surface area contributed by atoms with E-state index < -0.39 is 11.6 Å². The second-order valence-electron chi connectivity index (χ2n) is 3.25. The van der Waals surface area contributed by atoms with Gasteiger partial charge in [-0.3, -0.25) is 4.79 Å². The van der Waals surface area contributed by atoms with Crippen molar-refractivity contribution in [1.82, 2.24) is 0 Å². The van der Waals surface area contributed by atoms with Gasteiger partial charge in [-0.25, -0.2) is 8.78 Å². The molecule has 5 heteroatoms. The number of rotatable bonds is 4. The molecule has 0 aliphatic rings. The van der Waals surface area contributed by atoms with E-state index in [-0.39, 0.29) is 31.1 Å². The van der Waals surface area contributed by atoms with Crippen LogP contribution in [0.1, 0.15) is 13.3 Å². The molecule has 0 aliphatic heterocycles. The third-order valence-corrected chi connectivity index (χ3v) is 2.18. The topological polar surface area (TPSA) is 46.3 Å². The highest BCUT2D eigenvalue weighted by molar-refractivity contribution is 5.93. The highest BCUT2D eigenvalue weighted by Crippen LogP contribution is 2.23. The molecule has 0 fully saturated rings. The summed E-state index contributed by atoms with van der Waals surface area (Å²) in [6.07, 6.45) is 0.0710. The summed E-state index contributed by atoms with van der Waals surface area (Å²) in [7, 11) is 0. The largest absolute Gasteiger partial charge is 0.330 e. The number of halogens is 2. The Labute approximate surface area is 92.8 Å². The van der Waals surface area contributed by atoms with Crippen molar-refractivity contribution in [2.75, 3.05) is 18.0 Å². The van der Waals surface area contributed by atoms with E-state index >= 15 is 0 Å². The first-order valence-electron chi connectivity index (χ1n) is 5.06. The first kappa shape index (κ1) is 12.6. The fourth-order valence-corrected chi connectivity index (χ4v) is 1.46. The second-order valence-corrected chi connectivity index (χ2v) is 3.25. The molecule has 0 heterocycles. The van der Waals surface area contributed by atoms with Crippen molar-refractivity contribution in [1.29, 1.82) is 0 Å². The van der Waals surface area contributed by atoms with E-state index in [1.807, 2.05) is 0 Å². The van der Waals surface area contributed by atoms with E-state index in [1.54, 1.807) is 6.92 Å². The van der Waals surface area contributed by atoms with E-state index in [1.165, 1.54) is 6.07 Å². The van der Waals surface area contributed by atoms with Gasteiger partial charge in [0, 0.05) is 19.5 Å². The lowest BCUT2D eigenvalue weighted by Crippen LogP contribution is -2.33. The van der Waals surface area contributed by atoms with Gasteiger partial charge in [0.25, 0.3) is 0 Å². The zero-order valence-electron chi connectivity index (χ0n) is 9.04. The summed E-state index contributed by atoms with van der Waals surface area (Å²) in [6.45, 7) is 2.02. The molecule has 0 saturated carbocycles. The van der Waals surface area contributed by atoms with E-state index in [0.29, 0.717) is 0 Å². The summed E-state index contributed by atoms with van der Waals surface area (Å²) >= 11 is 0. The average Bonchev–Trinajstić information content (AvgIpc) is 2.24. The highest BCUT2D eigenvalue weighted by Gasteiger charge is 2.20. The van der Waals surface area contributed by atoms with Gasteiger partial charge in [-0.05, 0) is 19.1 Å². The Morgan fingerprint density at radius 2 is 1.94 bits per heavy atom. The Kier molecular flexibility index (Phi) is 4.37. The van der Waals surface area contributed by atoms with Crippen molar-refractivity contribution in [2.24, 2.45) is 5.73 Å². The average molecular weight is 228 g/mol. The van der Waals surface area contributed by atoms with E-state index in [4.69, 9.17) is 5.73 Å². The molecule has 1 aromatic carbocycles. The van der Waals surface area contributed by atoms with E-state index in [0.717, 1.165) is 17.0 Å². The number of carbonyl (C=O) groups excluding carboxylic acids is 1. The molecule has 0 atom stereocenters. The number of hydrogen-bond acceptors (Lipinski definition) is 2. The molecule has 88 valence electrons. The van der Waals surface area contributed by atoms with Gasteiger partial charge in [-0.15, -0.1) is 0 Å². The van der Waals surface area contributed by atoms with Crippen LogP contribution in [0, 0.1) is 11.6 Å². The van der Waals surface area contributed by atoms with E-state index in [9.17, 15) is 13.6 Å². The fraction of sp³-hybridized carbons (Fsp3) is 0.364. The molecule has 2 N–H and O–H groups in total. The molecule has 1 amide bonds. The summed E-state index contributed by atoms with van der Waals surface area (Å²) in [5, 5.41) is 0. The van der Waals surface area contributed by atoms with Crippen molar-refractivity contribution in [3.8, 4) is 0 Å². The fourth-order valence-electron chi connectivity index (χ4n) is 1.46. The predicted octanol–water partition coefficient (Wildman–Crippen LogP) is 1.67. The van der Waals surface area contributed by atoms with Crippen LogP contribution in [-0.4, -0.2) is 19.0 Å². The predicted molar refractivity (Wildman–Crippen MR) is 58.1 cm³/mol. The number of amides is 1. The van der Waals surface area contributed by atoms with Gasteiger partial charge in [-0.1, -0.05) is 6.07 Å². The summed E-state index contributed by atoms with van der Waals surface area (Å²) in [6, 6.07) is 3.50. The van der Waals surface area contributed by atoms with Crippen LogP contribution in [0.5, 0.6) is 0 Å². The van der Waals surface area contributed by atoms with Crippen molar-refractivity contribution in [3.05, 3.63) is 29.8 Å². The zero-order valence-corrected chi connectivity index (χ0v) is 9.04. The van der Waals surface area contributed by atoms with Gasteiger partial charge in [0.2, 0.25) is 5.91 Å². The van der Waals surface area contributed by atoms with Crippen LogP contribution in [0.4, 0.5) is 14.5 Å². The lowest BCUT2D eigenvalue weighted by atomic mass is 10.2. The molecular weight excluding hydrogens is 214 g/mol. The molecule has 16 heavy (non-hydrogen) atoms. The third-order valence-electron chi connectivity index (χ3n) is 2.18. The number of benzene rings is 1. The van der Waals surface area contributed by atoms with Crippen LogP contribution < -0.4 is 10.6 Å². The molecule has 0 radical (unpaired) electrons. The minimum Gasteiger partial charge on any atom is -0.330 e. The molecule has 1 aromatic rings. The number of para-hydroxylation sites is 1. The lowest BCUT2D eigenvalue weighted by Gasteiger charge is -2.21. The molecular formula is C11H14F2N2O.